The van der Waals surface area contributed by atoms with Crippen LogP contribution in [0.1, 0.15) is 10.4 Å². The Bertz CT molecular complexity index is 694. The molecule has 2 aromatic rings. The second kappa shape index (κ2) is 8.10. The number of nitrogens with zero attached hydrogens (tertiary/aromatic N) is 1. The molecule has 1 aliphatic rings. The predicted molar refractivity (Wildman–Crippen MR) is 93.6 cm³/mol. The fourth-order valence-corrected chi connectivity index (χ4v) is 2.57. The third-order valence-corrected chi connectivity index (χ3v) is 3.93. The minimum atomic E-state index is -0.541. The number of hydrogen-bond acceptors (Lipinski definition) is 5. The molecule has 1 fully saturated rings. The third kappa shape index (κ3) is 4.03. The highest BCUT2D eigenvalue weighted by molar-refractivity contribution is 5.95. The van der Waals surface area contributed by atoms with Gasteiger partial charge in [0.2, 0.25) is 0 Å². The Morgan fingerprint density at radius 1 is 1.25 bits per heavy atom. The lowest BCUT2D eigenvalue weighted by Gasteiger charge is -2.15. The smallest absolute Gasteiger partial charge is 0.251 e. The summed E-state index contributed by atoms with van der Waals surface area (Å²) >= 11 is 0. The quantitative estimate of drug-likeness (QED) is 0.773. The zero-order valence-electron chi connectivity index (χ0n) is 13.2. The summed E-state index contributed by atoms with van der Waals surface area (Å²) in [7, 11) is 1.60. The van der Waals surface area contributed by atoms with E-state index in [0.717, 1.165) is 11.1 Å². The van der Waals surface area contributed by atoms with Crippen LogP contribution >= 0.6 is 12.4 Å². The van der Waals surface area contributed by atoms with Gasteiger partial charge in [0.25, 0.3) is 5.91 Å². The standard InChI is InChI=1S/C17H19N3O3.ClH/c1-23-14-6-13(7-18-8-14)11-2-4-12(5-3-11)17(22)20-15-9-19-10-16(15)21;/h2-8,15-16,19,21H,9-10H2,1H3,(H,20,22);1H/t15-,16-;/m1./s1. The van der Waals surface area contributed by atoms with Crippen LogP contribution in [0.15, 0.2) is 42.7 Å². The Kier molecular flexibility index (Phi) is 6.14. The average Bonchev–Trinajstić information content (AvgIpc) is 3.00. The molecule has 2 heterocycles. The van der Waals surface area contributed by atoms with Crippen LogP contribution in [0.25, 0.3) is 11.1 Å². The number of aromatic nitrogens is 1. The lowest BCUT2D eigenvalue weighted by molar-refractivity contribution is 0.0888. The van der Waals surface area contributed by atoms with Crippen molar-refractivity contribution in [2.45, 2.75) is 12.1 Å². The van der Waals surface area contributed by atoms with Crippen molar-refractivity contribution in [1.82, 2.24) is 15.6 Å². The van der Waals surface area contributed by atoms with E-state index in [-0.39, 0.29) is 24.4 Å². The number of halogens is 1. The van der Waals surface area contributed by atoms with E-state index in [1.54, 1.807) is 31.6 Å². The van der Waals surface area contributed by atoms with Crippen molar-refractivity contribution in [2.24, 2.45) is 0 Å². The van der Waals surface area contributed by atoms with Gasteiger partial charge in [0.05, 0.1) is 25.5 Å². The number of β-amino-alcohol motifs (C(OH)–C–C–N with tert-alkyl or cyclic N) is 1. The van der Waals surface area contributed by atoms with Gasteiger partial charge < -0.3 is 20.5 Å². The van der Waals surface area contributed by atoms with Crippen molar-refractivity contribution in [2.75, 3.05) is 20.2 Å². The maximum absolute atomic E-state index is 12.2. The number of hydrogen-bond donors (Lipinski definition) is 3. The summed E-state index contributed by atoms with van der Waals surface area (Å²) in [6.45, 7) is 1.09. The van der Waals surface area contributed by atoms with Crippen LogP contribution in [-0.4, -0.2) is 48.3 Å². The summed E-state index contributed by atoms with van der Waals surface area (Å²) in [6, 6.07) is 8.91. The number of methoxy groups -OCH3 is 1. The molecule has 1 amide bonds. The number of nitrogens with one attached hydrogen (secondary N) is 2. The lowest BCUT2D eigenvalue weighted by atomic mass is 10.0. The molecule has 1 aliphatic heterocycles. The van der Waals surface area contributed by atoms with Crippen molar-refractivity contribution >= 4 is 18.3 Å². The van der Waals surface area contributed by atoms with Crippen molar-refractivity contribution in [3.63, 3.8) is 0 Å². The molecule has 0 spiro atoms. The van der Waals surface area contributed by atoms with Gasteiger partial charge in [-0.1, -0.05) is 12.1 Å². The van der Waals surface area contributed by atoms with Gasteiger partial charge in [-0.05, 0) is 23.8 Å². The van der Waals surface area contributed by atoms with Gasteiger partial charge in [0.15, 0.2) is 0 Å². The number of rotatable bonds is 4. The first-order valence-electron chi connectivity index (χ1n) is 7.46. The molecule has 1 saturated heterocycles. The van der Waals surface area contributed by atoms with Gasteiger partial charge in [0, 0.05) is 30.4 Å². The Morgan fingerprint density at radius 3 is 2.62 bits per heavy atom. The van der Waals surface area contributed by atoms with E-state index in [0.29, 0.717) is 24.4 Å². The summed E-state index contributed by atoms with van der Waals surface area (Å²) in [5.74, 6) is 0.500. The fraction of sp³-hybridized carbons (Fsp3) is 0.294. The number of pyridine rings is 1. The van der Waals surface area contributed by atoms with Crippen LogP contribution in [0.4, 0.5) is 0 Å². The van der Waals surface area contributed by atoms with E-state index in [2.05, 4.69) is 15.6 Å². The number of ether oxygens (including phenoxy) is 1. The first-order chi connectivity index (χ1) is 11.2. The monoisotopic (exact) mass is 349 g/mol. The second-order valence-electron chi connectivity index (χ2n) is 5.50. The van der Waals surface area contributed by atoms with Crippen LogP contribution in [0.3, 0.4) is 0 Å². The minimum absolute atomic E-state index is 0. The zero-order valence-corrected chi connectivity index (χ0v) is 14.0. The van der Waals surface area contributed by atoms with E-state index in [4.69, 9.17) is 4.74 Å². The highest BCUT2D eigenvalue weighted by Gasteiger charge is 2.26. The van der Waals surface area contributed by atoms with E-state index >= 15 is 0 Å². The van der Waals surface area contributed by atoms with Gasteiger partial charge >= 0.3 is 0 Å². The molecule has 0 unspecified atom stereocenters. The Balaban J connectivity index is 0.00000208. The van der Waals surface area contributed by atoms with Crippen molar-refractivity contribution in [3.8, 4) is 16.9 Å². The largest absolute Gasteiger partial charge is 0.495 e. The maximum atomic E-state index is 12.2. The molecule has 0 saturated carbocycles. The van der Waals surface area contributed by atoms with Crippen molar-refractivity contribution in [3.05, 3.63) is 48.3 Å². The van der Waals surface area contributed by atoms with Gasteiger partial charge in [-0.2, -0.15) is 0 Å². The minimum Gasteiger partial charge on any atom is -0.495 e. The highest BCUT2D eigenvalue weighted by Crippen LogP contribution is 2.22. The highest BCUT2D eigenvalue weighted by atomic mass is 35.5. The van der Waals surface area contributed by atoms with Crippen LogP contribution in [0, 0.1) is 0 Å². The molecular weight excluding hydrogens is 330 g/mol. The van der Waals surface area contributed by atoms with Gasteiger partial charge in [-0.25, -0.2) is 0 Å². The molecule has 0 aliphatic carbocycles. The SMILES string of the molecule is COc1cncc(-c2ccc(C(=O)N[C@@H]3CNC[C@H]3O)cc2)c1.Cl. The molecule has 128 valence electrons. The van der Waals surface area contributed by atoms with Crippen LogP contribution in [0.5, 0.6) is 5.75 Å². The summed E-state index contributed by atoms with van der Waals surface area (Å²) in [6.07, 6.45) is 2.85. The summed E-state index contributed by atoms with van der Waals surface area (Å²) in [4.78, 5) is 16.3. The normalized spacial score (nSPS) is 19.4. The molecule has 1 aromatic carbocycles. The molecule has 3 N–H and O–H groups in total. The Labute approximate surface area is 146 Å². The molecule has 0 radical (unpaired) electrons. The number of carbonyl (C=O) groups excluding carboxylic acids is 1. The number of benzene rings is 1. The summed E-state index contributed by atoms with van der Waals surface area (Å²) in [5.41, 5.74) is 2.44. The molecule has 1 aromatic heterocycles. The Morgan fingerprint density at radius 2 is 2.00 bits per heavy atom. The first-order valence-corrected chi connectivity index (χ1v) is 7.46. The molecule has 2 atom stereocenters. The summed E-state index contributed by atoms with van der Waals surface area (Å²) < 4.78 is 5.17. The second-order valence-corrected chi connectivity index (χ2v) is 5.50. The van der Waals surface area contributed by atoms with Gasteiger partial charge in [-0.3, -0.25) is 9.78 Å². The van der Waals surface area contributed by atoms with E-state index in [9.17, 15) is 9.90 Å². The molecule has 3 rings (SSSR count). The zero-order chi connectivity index (χ0) is 16.2. The summed E-state index contributed by atoms with van der Waals surface area (Å²) in [5, 5.41) is 15.6. The lowest BCUT2D eigenvalue weighted by Crippen LogP contribution is -2.42. The van der Waals surface area contributed by atoms with E-state index < -0.39 is 6.10 Å². The van der Waals surface area contributed by atoms with Crippen molar-refractivity contribution < 1.29 is 14.6 Å². The molecule has 24 heavy (non-hydrogen) atoms. The van der Waals surface area contributed by atoms with Gasteiger partial charge in [-0.15, -0.1) is 12.4 Å². The molecule has 6 nitrogen and oxygen atoms in total. The van der Waals surface area contributed by atoms with Crippen molar-refractivity contribution in [1.29, 1.82) is 0 Å². The number of amides is 1. The van der Waals surface area contributed by atoms with Gasteiger partial charge in [0.1, 0.15) is 5.75 Å². The van der Waals surface area contributed by atoms with Crippen LogP contribution in [0.2, 0.25) is 0 Å². The fourth-order valence-electron chi connectivity index (χ4n) is 2.57. The molecule has 7 heteroatoms. The van der Waals surface area contributed by atoms with Crippen LogP contribution in [-0.2, 0) is 0 Å². The maximum Gasteiger partial charge on any atom is 0.251 e. The Hall–Kier alpha value is -2.15. The average molecular weight is 350 g/mol. The number of aliphatic hydroxyl groups is 1. The molecular formula is C17H20ClN3O3. The number of carbonyl (C=O) groups is 1. The van der Waals surface area contributed by atoms with Crippen LogP contribution < -0.4 is 15.4 Å². The predicted octanol–water partition coefficient (Wildman–Crippen LogP) is 1.24. The third-order valence-electron chi connectivity index (χ3n) is 3.93. The topological polar surface area (TPSA) is 83.5 Å². The molecule has 0 bridgehead atoms. The van der Waals surface area contributed by atoms with E-state index in [1.165, 1.54) is 0 Å². The van der Waals surface area contributed by atoms with E-state index in [1.807, 2.05) is 18.2 Å². The first kappa shape index (κ1) is 18.2. The number of aliphatic hydroxyl groups excluding tert-OH is 1.